The summed E-state index contributed by atoms with van der Waals surface area (Å²) in [6.45, 7) is 5.67. The average molecular weight is 367 g/mol. The molecular weight excluding hydrogens is 336 g/mol. The number of amides is 1. The molecule has 2 unspecified atom stereocenters. The number of benzene rings is 2. The monoisotopic (exact) mass is 366 g/mol. The molecule has 2 atom stereocenters. The number of ether oxygens (including phenoxy) is 1. The summed E-state index contributed by atoms with van der Waals surface area (Å²) in [5.74, 6) is 1.30. The molecule has 1 fully saturated rings. The number of nitrogens with zero attached hydrogens (tertiary/aromatic N) is 1. The van der Waals surface area contributed by atoms with Crippen molar-refractivity contribution in [1.82, 2.24) is 10.2 Å². The third-order valence-electron chi connectivity index (χ3n) is 5.33. The topological polar surface area (TPSA) is 41.6 Å². The van der Waals surface area contributed by atoms with Crippen molar-refractivity contribution in [3.8, 4) is 5.75 Å². The van der Waals surface area contributed by atoms with E-state index in [-0.39, 0.29) is 18.0 Å². The van der Waals surface area contributed by atoms with Crippen LogP contribution in [-0.4, -0.2) is 31.0 Å². The Hall–Kier alpha value is -2.33. The summed E-state index contributed by atoms with van der Waals surface area (Å²) in [6.07, 6.45) is 2.19. The van der Waals surface area contributed by atoms with Crippen LogP contribution >= 0.6 is 0 Å². The molecule has 2 aromatic rings. The van der Waals surface area contributed by atoms with Crippen LogP contribution < -0.4 is 10.1 Å². The zero-order valence-corrected chi connectivity index (χ0v) is 16.5. The summed E-state index contributed by atoms with van der Waals surface area (Å²) in [6, 6.07) is 18.7. The Kier molecular flexibility index (Phi) is 6.51. The van der Waals surface area contributed by atoms with E-state index in [0.29, 0.717) is 12.5 Å². The second-order valence-electron chi connectivity index (χ2n) is 7.61. The van der Waals surface area contributed by atoms with Crippen molar-refractivity contribution in [3.63, 3.8) is 0 Å². The van der Waals surface area contributed by atoms with Gasteiger partial charge in [0, 0.05) is 6.04 Å². The molecule has 4 nitrogen and oxygen atoms in total. The highest BCUT2D eigenvalue weighted by molar-refractivity contribution is 5.78. The summed E-state index contributed by atoms with van der Waals surface area (Å²) in [4.78, 5) is 15.1. The molecule has 1 aliphatic heterocycles. The van der Waals surface area contributed by atoms with E-state index in [1.54, 1.807) is 7.11 Å². The van der Waals surface area contributed by atoms with Crippen molar-refractivity contribution in [1.29, 1.82) is 0 Å². The first-order valence-electron chi connectivity index (χ1n) is 9.81. The highest BCUT2D eigenvalue weighted by atomic mass is 16.5. The molecule has 0 radical (unpaired) electrons. The first-order chi connectivity index (χ1) is 13.1. The lowest BCUT2D eigenvalue weighted by Gasteiger charge is -2.27. The average Bonchev–Trinajstić information content (AvgIpc) is 3.14. The second kappa shape index (κ2) is 9.05. The molecule has 0 bridgehead atoms. The van der Waals surface area contributed by atoms with Crippen LogP contribution in [0.3, 0.4) is 0 Å². The van der Waals surface area contributed by atoms with Gasteiger partial charge in [0.05, 0.1) is 19.7 Å². The maximum Gasteiger partial charge on any atom is 0.234 e. The number of methoxy groups -OCH3 is 1. The summed E-state index contributed by atoms with van der Waals surface area (Å²) in [5.41, 5.74) is 2.38. The molecule has 0 spiro atoms. The SMILES string of the molecule is COc1cccc(C2CCCN2CC(=O)NC(c2ccccc2)C(C)C)c1. The third kappa shape index (κ3) is 4.89. The largest absolute Gasteiger partial charge is 0.497 e. The summed E-state index contributed by atoms with van der Waals surface area (Å²) in [7, 11) is 1.69. The highest BCUT2D eigenvalue weighted by Gasteiger charge is 2.29. The predicted molar refractivity (Wildman–Crippen MR) is 109 cm³/mol. The van der Waals surface area contributed by atoms with E-state index in [9.17, 15) is 4.79 Å². The van der Waals surface area contributed by atoms with Gasteiger partial charge in [0.2, 0.25) is 5.91 Å². The number of carbonyl (C=O) groups is 1. The molecule has 2 aromatic carbocycles. The van der Waals surface area contributed by atoms with Gasteiger partial charge in [-0.05, 0) is 48.6 Å². The van der Waals surface area contributed by atoms with Gasteiger partial charge in [-0.2, -0.15) is 0 Å². The Morgan fingerprint density at radius 1 is 1.19 bits per heavy atom. The normalized spacial score (nSPS) is 18.4. The number of hydrogen-bond acceptors (Lipinski definition) is 3. The van der Waals surface area contributed by atoms with Crippen LogP contribution in [0.2, 0.25) is 0 Å². The van der Waals surface area contributed by atoms with Crippen molar-refractivity contribution in [2.45, 2.75) is 38.8 Å². The van der Waals surface area contributed by atoms with Crippen molar-refractivity contribution in [3.05, 3.63) is 65.7 Å². The number of rotatable bonds is 7. The van der Waals surface area contributed by atoms with Crippen LogP contribution in [0.1, 0.15) is 49.9 Å². The summed E-state index contributed by atoms with van der Waals surface area (Å²) < 4.78 is 5.36. The standard InChI is InChI=1S/C23H30N2O2/c1-17(2)23(18-9-5-4-6-10-18)24-22(26)16-25-14-8-13-21(25)19-11-7-12-20(15-19)27-3/h4-7,9-12,15,17,21,23H,8,13-14,16H2,1-3H3,(H,24,26). The van der Waals surface area contributed by atoms with Crippen LogP contribution in [0.25, 0.3) is 0 Å². The molecule has 0 aliphatic carbocycles. The molecule has 4 heteroatoms. The number of hydrogen-bond donors (Lipinski definition) is 1. The van der Waals surface area contributed by atoms with Crippen LogP contribution in [0, 0.1) is 5.92 Å². The van der Waals surface area contributed by atoms with E-state index >= 15 is 0 Å². The van der Waals surface area contributed by atoms with Crippen molar-refractivity contribution < 1.29 is 9.53 Å². The van der Waals surface area contributed by atoms with Gasteiger partial charge >= 0.3 is 0 Å². The van der Waals surface area contributed by atoms with Gasteiger partial charge in [-0.25, -0.2) is 0 Å². The van der Waals surface area contributed by atoms with Gasteiger partial charge in [0.1, 0.15) is 5.75 Å². The molecule has 0 aromatic heterocycles. The lowest BCUT2D eigenvalue weighted by Crippen LogP contribution is -2.40. The minimum Gasteiger partial charge on any atom is -0.497 e. The van der Waals surface area contributed by atoms with E-state index < -0.39 is 0 Å². The first kappa shape index (κ1) is 19.4. The fraction of sp³-hybridized carbons (Fsp3) is 0.435. The molecule has 1 amide bonds. The molecule has 1 saturated heterocycles. The van der Waals surface area contributed by atoms with E-state index in [1.807, 2.05) is 30.3 Å². The van der Waals surface area contributed by atoms with Gasteiger partial charge in [-0.1, -0.05) is 56.3 Å². The van der Waals surface area contributed by atoms with Crippen LogP contribution in [0.4, 0.5) is 0 Å². The maximum absolute atomic E-state index is 12.8. The highest BCUT2D eigenvalue weighted by Crippen LogP contribution is 2.33. The quantitative estimate of drug-likeness (QED) is 0.792. The summed E-state index contributed by atoms with van der Waals surface area (Å²) >= 11 is 0. The Balaban J connectivity index is 1.67. The van der Waals surface area contributed by atoms with Crippen molar-refractivity contribution >= 4 is 5.91 Å². The number of carbonyl (C=O) groups excluding carboxylic acids is 1. The van der Waals surface area contributed by atoms with E-state index in [2.05, 4.69) is 48.3 Å². The lowest BCUT2D eigenvalue weighted by molar-refractivity contribution is -0.123. The number of nitrogens with one attached hydrogen (secondary N) is 1. The fourth-order valence-corrected chi connectivity index (χ4v) is 3.94. The number of likely N-dealkylation sites (tertiary alicyclic amines) is 1. The first-order valence-corrected chi connectivity index (χ1v) is 9.81. The maximum atomic E-state index is 12.8. The third-order valence-corrected chi connectivity index (χ3v) is 5.33. The Morgan fingerprint density at radius 2 is 1.96 bits per heavy atom. The minimum atomic E-state index is 0.0385. The second-order valence-corrected chi connectivity index (χ2v) is 7.61. The van der Waals surface area contributed by atoms with Gasteiger partial charge in [0.15, 0.2) is 0 Å². The van der Waals surface area contributed by atoms with Crippen molar-refractivity contribution in [2.24, 2.45) is 5.92 Å². The van der Waals surface area contributed by atoms with Gasteiger partial charge in [0.25, 0.3) is 0 Å². The van der Waals surface area contributed by atoms with E-state index in [4.69, 9.17) is 4.74 Å². The molecule has 3 rings (SSSR count). The minimum absolute atomic E-state index is 0.0385. The Bertz CT molecular complexity index is 745. The molecule has 144 valence electrons. The van der Waals surface area contributed by atoms with Gasteiger partial charge < -0.3 is 10.1 Å². The van der Waals surface area contributed by atoms with Crippen LogP contribution in [-0.2, 0) is 4.79 Å². The predicted octanol–water partition coefficient (Wildman–Crippen LogP) is 4.35. The molecule has 1 aliphatic rings. The molecule has 0 saturated carbocycles. The summed E-state index contributed by atoms with van der Waals surface area (Å²) in [5, 5.41) is 3.25. The van der Waals surface area contributed by atoms with Crippen LogP contribution in [0.15, 0.2) is 54.6 Å². The van der Waals surface area contributed by atoms with Gasteiger partial charge in [-0.15, -0.1) is 0 Å². The molecule has 1 heterocycles. The fourth-order valence-electron chi connectivity index (χ4n) is 3.94. The molecule has 27 heavy (non-hydrogen) atoms. The van der Waals surface area contributed by atoms with Gasteiger partial charge in [-0.3, -0.25) is 9.69 Å². The molecule has 1 N–H and O–H groups in total. The van der Waals surface area contributed by atoms with Crippen molar-refractivity contribution in [2.75, 3.05) is 20.2 Å². The lowest BCUT2D eigenvalue weighted by atomic mass is 9.96. The zero-order chi connectivity index (χ0) is 19.2. The Labute approximate surface area is 162 Å². The van der Waals surface area contributed by atoms with Crippen LogP contribution in [0.5, 0.6) is 5.75 Å². The van der Waals surface area contributed by atoms with E-state index in [0.717, 1.165) is 30.7 Å². The molecular formula is C23H30N2O2. The smallest absolute Gasteiger partial charge is 0.234 e. The van der Waals surface area contributed by atoms with E-state index in [1.165, 1.54) is 5.56 Å². The Morgan fingerprint density at radius 3 is 2.67 bits per heavy atom. The zero-order valence-electron chi connectivity index (χ0n) is 16.5.